The molecule has 4 unspecified atom stereocenters. The molecule has 9 nitrogen and oxygen atoms in total. The van der Waals surface area contributed by atoms with Gasteiger partial charge in [0.2, 0.25) is 0 Å². The molecule has 11 heteroatoms. The first kappa shape index (κ1) is 25.1. The lowest BCUT2D eigenvalue weighted by molar-refractivity contribution is -0.0778. The van der Waals surface area contributed by atoms with Gasteiger partial charge in [-0.2, -0.15) is 0 Å². The van der Waals surface area contributed by atoms with Gasteiger partial charge in [-0.15, -0.1) is 0 Å². The minimum absolute atomic E-state index is 0.326. The van der Waals surface area contributed by atoms with Crippen LogP contribution in [0, 0.1) is 0 Å². The summed E-state index contributed by atoms with van der Waals surface area (Å²) in [6.45, 7) is 7.45. The van der Waals surface area contributed by atoms with Gasteiger partial charge in [-0.25, -0.2) is 0 Å². The number of ether oxygens (including phenoxy) is 2. The van der Waals surface area contributed by atoms with E-state index >= 15 is 0 Å². The molecular formula is C14H35NO8Si2. The highest BCUT2D eigenvalue weighted by Gasteiger charge is 2.48. The van der Waals surface area contributed by atoms with E-state index in [1.807, 2.05) is 27.7 Å². The molecule has 0 aliphatic carbocycles. The zero-order chi connectivity index (χ0) is 19.7. The highest BCUT2D eigenvalue weighted by atomic mass is 28.4. The summed E-state index contributed by atoms with van der Waals surface area (Å²) < 4.78 is 44.4. The Morgan fingerprint density at radius 3 is 0.960 bits per heavy atom. The minimum Gasteiger partial charge on any atom is -0.375 e. The number of hydrogen-bond donors (Lipinski definition) is 1. The van der Waals surface area contributed by atoms with Crippen molar-refractivity contribution in [2.75, 3.05) is 42.7 Å². The molecule has 1 N–H and O–H groups in total. The summed E-state index contributed by atoms with van der Waals surface area (Å²) in [5, 5.41) is 3.20. The summed E-state index contributed by atoms with van der Waals surface area (Å²) in [4.78, 5) is 0. The smallest absolute Gasteiger partial charge is 0.375 e. The van der Waals surface area contributed by atoms with Crippen molar-refractivity contribution in [3.8, 4) is 0 Å². The number of hydrogen-bond acceptors (Lipinski definition) is 9. The van der Waals surface area contributed by atoms with Crippen LogP contribution < -0.4 is 5.32 Å². The quantitative estimate of drug-likeness (QED) is 0.337. The van der Waals surface area contributed by atoms with E-state index in [9.17, 15) is 0 Å². The van der Waals surface area contributed by atoms with Crippen LogP contribution in [-0.2, 0) is 36.0 Å². The molecule has 0 rings (SSSR count). The Labute approximate surface area is 153 Å². The fourth-order valence-electron chi connectivity index (χ4n) is 2.68. The summed E-state index contributed by atoms with van der Waals surface area (Å²) >= 11 is 0. The monoisotopic (exact) mass is 401 g/mol. The number of nitrogens with one attached hydrogen (secondary N) is 1. The maximum absolute atomic E-state index is 5.92. The van der Waals surface area contributed by atoms with Gasteiger partial charge >= 0.3 is 17.6 Å². The van der Waals surface area contributed by atoms with Gasteiger partial charge in [0.25, 0.3) is 0 Å². The van der Waals surface area contributed by atoms with Crippen LogP contribution in [0.4, 0.5) is 0 Å². The van der Waals surface area contributed by atoms with Crippen molar-refractivity contribution in [2.45, 2.75) is 51.6 Å². The van der Waals surface area contributed by atoms with Crippen LogP contribution in [0.15, 0.2) is 0 Å². The van der Waals surface area contributed by atoms with E-state index in [1.54, 1.807) is 42.7 Å². The van der Waals surface area contributed by atoms with Crippen LogP contribution in [0.5, 0.6) is 0 Å². The second-order valence-electron chi connectivity index (χ2n) is 5.44. The molecule has 0 aromatic carbocycles. The predicted octanol–water partition coefficient (Wildman–Crippen LogP) is 0.913. The van der Waals surface area contributed by atoms with Gasteiger partial charge in [0.05, 0.1) is 0 Å². The molecular weight excluding hydrogens is 366 g/mol. The summed E-state index contributed by atoms with van der Waals surface area (Å²) in [7, 11) is 3.56. The van der Waals surface area contributed by atoms with E-state index in [-0.39, 0.29) is 23.9 Å². The van der Waals surface area contributed by atoms with Gasteiger partial charge in [-0.1, -0.05) is 0 Å². The fraction of sp³-hybridized carbons (Fsp3) is 1.00. The van der Waals surface area contributed by atoms with E-state index in [0.29, 0.717) is 0 Å². The molecule has 0 saturated carbocycles. The summed E-state index contributed by atoms with van der Waals surface area (Å²) in [5.74, 6) is 0. The standard InChI is InChI=1S/C14H35NO8Si2/c1-11(22-13(3)24(16-5,17-6)18-7)15-12(2)23-14(4)25(19-8,20-9)21-10/h11-15H,1-10H3. The lowest BCUT2D eigenvalue weighted by atomic mass is 10.5. The van der Waals surface area contributed by atoms with Gasteiger partial charge in [0, 0.05) is 42.7 Å². The SMILES string of the molecule is CO[Si](OC)(OC)C(C)OC(C)NC(C)OC(C)[Si](OC)(OC)OC. The molecule has 0 aromatic heterocycles. The zero-order valence-electron chi connectivity index (χ0n) is 17.1. The van der Waals surface area contributed by atoms with Crippen molar-refractivity contribution >= 4 is 17.6 Å². The molecule has 4 atom stereocenters. The van der Waals surface area contributed by atoms with E-state index in [1.165, 1.54) is 0 Å². The largest absolute Gasteiger partial charge is 0.530 e. The molecule has 0 aliphatic heterocycles. The van der Waals surface area contributed by atoms with Crippen molar-refractivity contribution in [1.82, 2.24) is 5.32 Å². The lowest BCUT2D eigenvalue weighted by Crippen LogP contribution is -2.58. The predicted molar refractivity (Wildman–Crippen MR) is 96.7 cm³/mol. The maximum Gasteiger partial charge on any atom is 0.530 e. The maximum atomic E-state index is 5.92. The van der Waals surface area contributed by atoms with Gasteiger partial charge < -0.3 is 36.0 Å². The van der Waals surface area contributed by atoms with Gasteiger partial charge in [0.1, 0.15) is 23.9 Å². The van der Waals surface area contributed by atoms with E-state index in [4.69, 9.17) is 36.0 Å². The average Bonchev–Trinajstić information content (AvgIpc) is 2.58. The Morgan fingerprint density at radius 2 is 0.760 bits per heavy atom. The van der Waals surface area contributed by atoms with E-state index in [2.05, 4.69) is 5.32 Å². The lowest BCUT2D eigenvalue weighted by Gasteiger charge is -2.34. The molecule has 0 aliphatic rings. The van der Waals surface area contributed by atoms with Gasteiger partial charge in [-0.3, -0.25) is 5.32 Å². The second-order valence-corrected chi connectivity index (χ2v) is 11.9. The van der Waals surface area contributed by atoms with Crippen LogP contribution in [0.25, 0.3) is 0 Å². The van der Waals surface area contributed by atoms with Crippen molar-refractivity contribution in [2.24, 2.45) is 0 Å². The zero-order valence-corrected chi connectivity index (χ0v) is 19.1. The van der Waals surface area contributed by atoms with Crippen molar-refractivity contribution in [3.05, 3.63) is 0 Å². The topological polar surface area (TPSA) is 85.9 Å². The third kappa shape index (κ3) is 6.63. The molecule has 0 amide bonds. The molecule has 0 heterocycles. The van der Waals surface area contributed by atoms with E-state index < -0.39 is 17.6 Å². The van der Waals surface area contributed by atoms with E-state index in [0.717, 1.165) is 0 Å². The van der Waals surface area contributed by atoms with Crippen LogP contribution in [0.2, 0.25) is 0 Å². The van der Waals surface area contributed by atoms with Crippen LogP contribution in [0.1, 0.15) is 27.7 Å². The van der Waals surface area contributed by atoms with Crippen LogP contribution in [0.3, 0.4) is 0 Å². The summed E-state index contributed by atoms with van der Waals surface area (Å²) in [6.07, 6.45) is -0.651. The normalized spacial score (nSPS) is 18.0. The first-order valence-corrected chi connectivity index (χ1v) is 11.7. The summed E-state index contributed by atoms with van der Waals surface area (Å²) in [6, 6.07) is 0. The molecule has 0 saturated heterocycles. The Balaban J connectivity index is 4.67. The Morgan fingerprint density at radius 1 is 0.520 bits per heavy atom. The fourth-order valence-corrected chi connectivity index (χ4v) is 6.42. The van der Waals surface area contributed by atoms with Crippen molar-refractivity contribution in [3.63, 3.8) is 0 Å². The number of rotatable bonds is 14. The Kier molecular flexibility index (Phi) is 11.8. The Hall–Kier alpha value is 0.0738. The van der Waals surface area contributed by atoms with Gasteiger partial charge in [-0.05, 0) is 27.7 Å². The summed E-state index contributed by atoms with van der Waals surface area (Å²) in [5.41, 5.74) is -0.713. The molecule has 0 fully saturated rings. The molecule has 0 bridgehead atoms. The highest BCUT2D eigenvalue weighted by molar-refractivity contribution is 6.62. The third-order valence-corrected chi connectivity index (χ3v) is 9.67. The highest BCUT2D eigenvalue weighted by Crippen LogP contribution is 2.18. The average molecular weight is 402 g/mol. The van der Waals surface area contributed by atoms with Crippen LogP contribution >= 0.6 is 0 Å². The van der Waals surface area contributed by atoms with Crippen LogP contribution in [-0.4, -0.2) is 84.2 Å². The first-order valence-electron chi connectivity index (χ1n) is 8.08. The second kappa shape index (κ2) is 11.7. The third-order valence-electron chi connectivity index (χ3n) is 3.99. The molecule has 25 heavy (non-hydrogen) atoms. The molecule has 0 radical (unpaired) electrons. The first-order chi connectivity index (χ1) is 11.7. The van der Waals surface area contributed by atoms with Crippen molar-refractivity contribution in [1.29, 1.82) is 0 Å². The van der Waals surface area contributed by atoms with Gasteiger partial charge in [0.15, 0.2) is 0 Å². The molecule has 0 aromatic rings. The molecule has 0 spiro atoms. The molecule has 152 valence electrons. The minimum atomic E-state index is -2.87. The Bertz CT molecular complexity index is 309. The van der Waals surface area contributed by atoms with Crippen molar-refractivity contribution < 1.29 is 36.0 Å².